The van der Waals surface area contributed by atoms with Crippen molar-refractivity contribution in [1.29, 1.82) is 0 Å². The van der Waals surface area contributed by atoms with Crippen LogP contribution in [0.3, 0.4) is 0 Å². The van der Waals surface area contributed by atoms with Crippen molar-refractivity contribution in [3.63, 3.8) is 0 Å². The van der Waals surface area contributed by atoms with E-state index in [9.17, 15) is 9.59 Å². The second-order valence-electron chi connectivity index (χ2n) is 9.83. The first-order valence-electron chi connectivity index (χ1n) is 10.0. The predicted molar refractivity (Wildman–Crippen MR) is 113 cm³/mol. The van der Waals surface area contributed by atoms with E-state index in [1.165, 1.54) is 0 Å². The molecule has 0 unspecified atom stereocenters. The molecule has 0 aliphatic heterocycles. The Bertz CT molecular complexity index is 851. The smallest absolute Gasteiger partial charge is 0.311 e. The second-order valence-corrected chi connectivity index (χ2v) is 9.83. The number of hydrogen-bond donors (Lipinski definition) is 0. The average molecular weight is 395 g/mol. The van der Waals surface area contributed by atoms with Gasteiger partial charge in [0.05, 0.1) is 16.2 Å². The van der Waals surface area contributed by atoms with Gasteiger partial charge >= 0.3 is 11.9 Å². The van der Waals surface area contributed by atoms with Crippen LogP contribution >= 0.6 is 0 Å². The van der Waals surface area contributed by atoms with E-state index in [0.717, 1.165) is 22.3 Å². The fraction of sp³-hybridized carbons (Fsp3) is 0.440. The van der Waals surface area contributed by atoms with E-state index < -0.39 is 16.2 Å². The summed E-state index contributed by atoms with van der Waals surface area (Å²) in [6.45, 7) is 11.2. The zero-order valence-corrected chi connectivity index (χ0v) is 18.2. The van der Waals surface area contributed by atoms with Gasteiger partial charge in [-0.25, -0.2) is 0 Å². The van der Waals surface area contributed by atoms with Gasteiger partial charge in [0.2, 0.25) is 0 Å². The first-order valence-corrected chi connectivity index (χ1v) is 10.0. The van der Waals surface area contributed by atoms with Crippen molar-refractivity contribution in [2.75, 3.05) is 13.2 Å². The second kappa shape index (κ2) is 7.33. The maximum absolute atomic E-state index is 12.6. The number of hydrogen-bond acceptors (Lipinski definition) is 4. The first kappa shape index (κ1) is 21.1. The zero-order chi connectivity index (χ0) is 21.4. The Hall–Kier alpha value is -2.62. The molecule has 0 N–H and O–H groups in total. The normalized spacial score (nSPS) is 14.7. The number of esters is 2. The number of rotatable bonds is 4. The third-order valence-electron chi connectivity index (χ3n) is 5.30. The lowest BCUT2D eigenvalue weighted by Gasteiger charge is -2.33. The summed E-state index contributed by atoms with van der Waals surface area (Å²) in [7, 11) is 0. The summed E-state index contributed by atoms with van der Waals surface area (Å²) < 4.78 is 11.6. The van der Waals surface area contributed by atoms with Crippen molar-refractivity contribution in [3.05, 3.63) is 59.7 Å². The van der Waals surface area contributed by atoms with Crippen LogP contribution < -0.4 is 0 Å². The van der Waals surface area contributed by atoms with Crippen molar-refractivity contribution < 1.29 is 19.1 Å². The largest absolute Gasteiger partial charge is 0.464 e. The van der Waals surface area contributed by atoms with Gasteiger partial charge in [0, 0.05) is 0 Å². The van der Waals surface area contributed by atoms with Gasteiger partial charge in [-0.1, -0.05) is 48.5 Å². The Morgan fingerprint density at radius 2 is 1.03 bits per heavy atom. The summed E-state index contributed by atoms with van der Waals surface area (Å²) in [5.74, 6) is -0.554. The molecule has 0 amide bonds. The summed E-state index contributed by atoms with van der Waals surface area (Å²) in [5, 5.41) is 0. The minimum Gasteiger partial charge on any atom is -0.464 e. The third kappa shape index (κ3) is 3.93. The van der Waals surface area contributed by atoms with Crippen LogP contribution in [0.25, 0.3) is 11.1 Å². The molecule has 0 atom stereocenters. The first-order chi connectivity index (χ1) is 13.5. The van der Waals surface area contributed by atoms with E-state index in [2.05, 4.69) is 12.1 Å². The topological polar surface area (TPSA) is 52.6 Å². The van der Waals surface area contributed by atoms with Crippen molar-refractivity contribution >= 4 is 11.9 Å². The molecule has 4 heteroatoms. The standard InChI is InChI=1S/C25H30O4/c1-23(2,3)21(26)28-15-25(16-29-22(27)24(4,5)6)19-13-9-7-11-17(19)18-12-8-10-14-20(18)25/h7-14H,15-16H2,1-6H3. The fourth-order valence-corrected chi connectivity index (χ4v) is 3.58. The van der Waals surface area contributed by atoms with Gasteiger partial charge in [0.15, 0.2) is 0 Å². The monoisotopic (exact) mass is 394 g/mol. The SMILES string of the molecule is CC(C)(C)C(=O)OCC1(COC(=O)C(C)(C)C)c2ccccc2-c2ccccc21. The number of ether oxygens (including phenoxy) is 2. The summed E-state index contributed by atoms with van der Waals surface area (Å²) in [5.41, 5.74) is 2.26. The maximum Gasteiger partial charge on any atom is 0.311 e. The number of carbonyl (C=O) groups is 2. The Labute approximate surface area is 173 Å². The molecule has 0 bridgehead atoms. The van der Waals surface area contributed by atoms with Gasteiger partial charge in [0.1, 0.15) is 13.2 Å². The molecule has 0 radical (unpaired) electrons. The molecule has 1 aliphatic carbocycles. The van der Waals surface area contributed by atoms with Gasteiger partial charge in [-0.2, -0.15) is 0 Å². The van der Waals surface area contributed by atoms with Gasteiger partial charge in [0.25, 0.3) is 0 Å². The third-order valence-corrected chi connectivity index (χ3v) is 5.30. The van der Waals surface area contributed by atoms with Crippen molar-refractivity contribution in [2.24, 2.45) is 10.8 Å². The summed E-state index contributed by atoms with van der Waals surface area (Å²) >= 11 is 0. The van der Waals surface area contributed by atoms with Gasteiger partial charge in [-0.05, 0) is 63.8 Å². The van der Waals surface area contributed by atoms with Crippen molar-refractivity contribution in [2.45, 2.75) is 47.0 Å². The van der Waals surface area contributed by atoms with E-state index in [1.807, 2.05) is 77.9 Å². The predicted octanol–water partition coefficient (Wildman–Crippen LogP) is 5.13. The van der Waals surface area contributed by atoms with E-state index in [1.54, 1.807) is 0 Å². The molecule has 0 heterocycles. The molecule has 0 saturated heterocycles. The minimum atomic E-state index is -0.727. The molecule has 2 aromatic rings. The van der Waals surface area contributed by atoms with Gasteiger partial charge in [-0.3, -0.25) is 9.59 Å². The lowest BCUT2D eigenvalue weighted by atomic mass is 9.79. The highest BCUT2D eigenvalue weighted by atomic mass is 16.5. The lowest BCUT2D eigenvalue weighted by Crippen LogP contribution is -2.41. The minimum absolute atomic E-state index is 0.120. The molecule has 3 rings (SSSR count). The van der Waals surface area contributed by atoms with E-state index >= 15 is 0 Å². The molecule has 1 aliphatic rings. The lowest BCUT2D eigenvalue weighted by molar-refractivity contribution is -0.159. The Kier molecular flexibility index (Phi) is 5.33. The maximum atomic E-state index is 12.6. The van der Waals surface area contributed by atoms with Crippen LogP contribution in [0.5, 0.6) is 0 Å². The van der Waals surface area contributed by atoms with Crippen LogP contribution in [0.1, 0.15) is 52.7 Å². The highest BCUT2D eigenvalue weighted by Gasteiger charge is 2.46. The number of benzene rings is 2. The molecular formula is C25H30O4. The Balaban J connectivity index is 2.06. The van der Waals surface area contributed by atoms with Crippen LogP contribution in [0.2, 0.25) is 0 Å². The van der Waals surface area contributed by atoms with E-state index in [-0.39, 0.29) is 25.2 Å². The van der Waals surface area contributed by atoms with Crippen molar-refractivity contribution in [1.82, 2.24) is 0 Å². The summed E-state index contributed by atoms with van der Waals surface area (Å²) in [6, 6.07) is 16.1. The fourth-order valence-electron chi connectivity index (χ4n) is 3.58. The molecule has 0 fully saturated rings. The zero-order valence-electron chi connectivity index (χ0n) is 18.2. The molecule has 0 aromatic heterocycles. The molecule has 2 aromatic carbocycles. The van der Waals surface area contributed by atoms with Gasteiger partial charge in [-0.15, -0.1) is 0 Å². The summed E-state index contributed by atoms with van der Waals surface area (Å²) in [6.07, 6.45) is 0. The number of fused-ring (bicyclic) bond motifs is 3. The highest BCUT2D eigenvalue weighted by molar-refractivity contribution is 5.82. The Morgan fingerprint density at radius 1 is 0.690 bits per heavy atom. The quantitative estimate of drug-likeness (QED) is 0.675. The Morgan fingerprint density at radius 3 is 1.38 bits per heavy atom. The molecule has 0 saturated carbocycles. The van der Waals surface area contributed by atoms with E-state index in [4.69, 9.17) is 9.47 Å². The van der Waals surface area contributed by atoms with Crippen molar-refractivity contribution in [3.8, 4) is 11.1 Å². The molecule has 29 heavy (non-hydrogen) atoms. The van der Waals surface area contributed by atoms with Crippen LogP contribution in [0, 0.1) is 10.8 Å². The summed E-state index contributed by atoms with van der Waals surface area (Å²) in [4.78, 5) is 25.1. The van der Waals surface area contributed by atoms with E-state index in [0.29, 0.717) is 0 Å². The van der Waals surface area contributed by atoms with Crippen LogP contribution in [-0.2, 0) is 24.5 Å². The van der Waals surface area contributed by atoms with Crippen LogP contribution in [0.15, 0.2) is 48.5 Å². The molecular weight excluding hydrogens is 364 g/mol. The van der Waals surface area contributed by atoms with Crippen LogP contribution in [-0.4, -0.2) is 25.2 Å². The molecule has 0 spiro atoms. The number of carbonyl (C=O) groups excluding carboxylic acids is 2. The molecule has 154 valence electrons. The molecule has 4 nitrogen and oxygen atoms in total. The average Bonchev–Trinajstić information content (AvgIpc) is 2.93. The highest BCUT2D eigenvalue weighted by Crippen LogP contribution is 2.49. The van der Waals surface area contributed by atoms with Gasteiger partial charge < -0.3 is 9.47 Å². The van der Waals surface area contributed by atoms with Crippen LogP contribution in [0.4, 0.5) is 0 Å².